The molecule has 1 saturated heterocycles. The summed E-state index contributed by atoms with van der Waals surface area (Å²) in [5.41, 5.74) is 5.31. The van der Waals surface area contributed by atoms with Gasteiger partial charge in [0.25, 0.3) is 0 Å². The molecule has 4 nitrogen and oxygen atoms in total. The number of nitrogens with zero attached hydrogens (tertiary/aromatic N) is 1. The Morgan fingerprint density at radius 1 is 1.00 bits per heavy atom. The maximum absolute atomic E-state index is 12.9. The molecule has 1 aliphatic heterocycles. The number of rotatable bonds is 6. The van der Waals surface area contributed by atoms with E-state index in [-0.39, 0.29) is 24.2 Å². The van der Waals surface area contributed by atoms with E-state index in [1.54, 1.807) is 4.90 Å². The Morgan fingerprint density at radius 2 is 1.63 bits per heavy atom. The van der Waals surface area contributed by atoms with Crippen molar-refractivity contribution in [3.05, 3.63) is 59.2 Å². The molecule has 1 heterocycles. The SMILES string of the molecule is CCc1ccc(N2CC(C(=O)Nc3c(CC)cccc3CC)CC2=O)cc1. The third-order valence-corrected chi connectivity index (χ3v) is 5.40. The highest BCUT2D eigenvalue weighted by atomic mass is 16.2. The lowest BCUT2D eigenvalue weighted by Crippen LogP contribution is -2.28. The number of anilines is 2. The quantitative estimate of drug-likeness (QED) is 0.828. The van der Waals surface area contributed by atoms with Crippen LogP contribution < -0.4 is 10.2 Å². The highest BCUT2D eigenvalue weighted by molar-refractivity contribution is 6.04. The molecule has 0 bridgehead atoms. The van der Waals surface area contributed by atoms with Gasteiger partial charge in [-0.3, -0.25) is 9.59 Å². The standard InChI is InChI=1S/C23H28N2O2/c1-4-16-10-12-20(13-11-16)25-15-19(14-21(25)26)23(27)24-22-17(5-2)8-7-9-18(22)6-3/h7-13,19H,4-6,14-15H2,1-3H3,(H,24,27). The van der Waals surface area contributed by atoms with Crippen molar-refractivity contribution < 1.29 is 9.59 Å². The molecule has 1 atom stereocenters. The first-order valence-electron chi connectivity index (χ1n) is 9.88. The van der Waals surface area contributed by atoms with Crippen LogP contribution in [0.4, 0.5) is 11.4 Å². The number of carbonyl (C=O) groups excluding carboxylic acids is 2. The normalized spacial score (nSPS) is 16.6. The summed E-state index contributed by atoms with van der Waals surface area (Å²) in [6.07, 6.45) is 2.96. The monoisotopic (exact) mass is 364 g/mol. The maximum atomic E-state index is 12.9. The van der Waals surface area contributed by atoms with Crippen LogP contribution in [0.2, 0.25) is 0 Å². The van der Waals surface area contributed by atoms with Gasteiger partial charge in [-0.1, -0.05) is 51.1 Å². The van der Waals surface area contributed by atoms with Gasteiger partial charge in [-0.2, -0.15) is 0 Å². The highest BCUT2D eigenvalue weighted by Gasteiger charge is 2.35. The predicted molar refractivity (Wildman–Crippen MR) is 110 cm³/mol. The van der Waals surface area contributed by atoms with E-state index in [1.165, 1.54) is 5.56 Å². The zero-order valence-corrected chi connectivity index (χ0v) is 16.4. The lowest BCUT2D eigenvalue weighted by atomic mass is 10.0. The van der Waals surface area contributed by atoms with Crippen LogP contribution in [0.15, 0.2) is 42.5 Å². The van der Waals surface area contributed by atoms with Gasteiger partial charge in [-0.05, 0) is 48.1 Å². The van der Waals surface area contributed by atoms with Crippen molar-refractivity contribution in [1.29, 1.82) is 0 Å². The van der Waals surface area contributed by atoms with Crippen molar-refractivity contribution in [3.63, 3.8) is 0 Å². The fraction of sp³-hybridized carbons (Fsp3) is 0.391. The summed E-state index contributed by atoms with van der Waals surface area (Å²) in [6.45, 7) is 6.72. The van der Waals surface area contributed by atoms with Crippen LogP contribution in [0.1, 0.15) is 43.9 Å². The van der Waals surface area contributed by atoms with Crippen molar-refractivity contribution in [2.75, 3.05) is 16.8 Å². The van der Waals surface area contributed by atoms with E-state index >= 15 is 0 Å². The zero-order chi connectivity index (χ0) is 19.4. The average molecular weight is 364 g/mol. The van der Waals surface area contributed by atoms with E-state index in [4.69, 9.17) is 0 Å². The van der Waals surface area contributed by atoms with Crippen molar-refractivity contribution in [3.8, 4) is 0 Å². The van der Waals surface area contributed by atoms with Gasteiger partial charge in [0.05, 0.1) is 5.92 Å². The predicted octanol–water partition coefficient (Wildman–Crippen LogP) is 4.37. The summed E-state index contributed by atoms with van der Waals surface area (Å²) in [6, 6.07) is 14.2. The summed E-state index contributed by atoms with van der Waals surface area (Å²) < 4.78 is 0. The number of carbonyl (C=O) groups is 2. The Balaban J connectivity index is 1.74. The molecular weight excluding hydrogens is 336 g/mol. The number of hydrogen-bond donors (Lipinski definition) is 1. The van der Waals surface area contributed by atoms with E-state index in [1.807, 2.05) is 30.3 Å². The first-order chi connectivity index (χ1) is 13.1. The molecule has 1 unspecified atom stereocenters. The van der Waals surface area contributed by atoms with Crippen LogP contribution in [-0.4, -0.2) is 18.4 Å². The number of aryl methyl sites for hydroxylation is 3. The summed E-state index contributed by atoms with van der Waals surface area (Å²) in [4.78, 5) is 27.1. The zero-order valence-electron chi connectivity index (χ0n) is 16.4. The summed E-state index contributed by atoms with van der Waals surface area (Å²) >= 11 is 0. The molecule has 0 aliphatic carbocycles. The Hall–Kier alpha value is -2.62. The number of nitrogens with one attached hydrogen (secondary N) is 1. The molecule has 2 aromatic rings. The first kappa shape index (κ1) is 19.2. The molecule has 142 valence electrons. The summed E-state index contributed by atoms with van der Waals surface area (Å²) in [5.74, 6) is -0.372. The lowest BCUT2D eigenvalue weighted by molar-refractivity contribution is -0.122. The van der Waals surface area contributed by atoms with Crippen LogP contribution in [0.25, 0.3) is 0 Å². The molecule has 0 radical (unpaired) electrons. The van der Waals surface area contributed by atoms with Gasteiger partial charge >= 0.3 is 0 Å². The molecule has 1 N–H and O–H groups in total. The summed E-state index contributed by atoms with van der Waals surface area (Å²) in [5, 5.41) is 3.12. The van der Waals surface area contributed by atoms with Crippen LogP contribution in [0.5, 0.6) is 0 Å². The molecule has 4 heteroatoms. The Bertz CT molecular complexity index is 805. The topological polar surface area (TPSA) is 49.4 Å². The number of amides is 2. The molecule has 1 aliphatic rings. The molecule has 1 fully saturated rings. The first-order valence-corrected chi connectivity index (χ1v) is 9.88. The van der Waals surface area contributed by atoms with Gasteiger partial charge in [0, 0.05) is 24.3 Å². The lowest BCUT2D eigenvalue weighted by Gasteiger charge is -2.18. The van der Waals surface area contributed by atoms with Crippen LogP contribution in [0.3, 0.4) is 0 Å². The van der Waals surface area contributed by atoms with E-state index < -0.39 is 0 Å². The number of para-hydroxylation sites is 1. The molecule has 2 aromatic carbocycles. The van der Waals surface area contributed by atoms with Crippen molar-refractivity contribution >= 4 is 23.2 Å². The Labute approximate surface area is 161 Å². The Morgan fingerprint density at radius 3 is 2.19 bits per heavy atom. The molecule has 0 aromatic heterocycles. The van der Waals surface area contributed by atoms with Crippen molar-refractivity contribution in [2.45, 2.75) is 46.5 Å². The second-order valence-corrected chi connectivity index (χ2v) is 7.07. The summed E-state index contributed by atoms with van der Waals surface area (Å²) in [7, 11) is 0. The number of hydrogen-bond acceptors (Lipinski definition) is 2. The van der Waals surface area contributed by atoms with Crippen molar-refractivity contribution in [1.82, 2.24) is 0 Å². The van der Waals surface area contributed by atoms with E-state index in [9.17, 15) is 9.59 Å². The third kappa shape index (κ3) is 4.05. The van der Waals surface area contributed by atoms with Gasteiger partial charge in [-0.15, -0.1) is 0 Å². The minimum atomic E-state index is -0.321. The largest absolute Gasteiger partial charge is 0.325 e. The van der Waals surface area contributed by atoms with Crippen molar-refractivity contribution in [2.24, 2.45) is 5.92 Å². The number of benzene rings is 2. The van der Waals surface area contributed by atoms with E-state index in [0.717, 1.165) is 41.8 Å². The molecule has 2 amide bonds. The molecule has 0 spiro atoms. The molecule has 3 rings (SSSR count). The second kappa shape index (κ2) is 8.38. The molecule has 27 heavy (non-hydrogen) atoms. The minimum Gasteiger partial charge on any atom is -0.325 e. The van der Waals surface area contributed by atoms with E-state index in [2.05, 4.69) is 38.2 Å². The van der Waals surface area contributed by atoms with Gasteiger partial charge < -0.3 is 10.2 Å². The fourth-order valence-electron chi connectivity index (χ4n) is 3.67. The smallest absolute Gasteiger partial charge is 0.229 e. The molecule has 0 saturated carbocycles. The third-order valence-electron chi connectivity index (χ3n) is 5.40. The van der Waals surface area contributed by atoms with Crippen LogP contribution >= 0.6 is 0 Å². The minimum absolute atomic E-state index is 0.0129. The average Bonchev–Trinajstić information content (AvgIpc) is 3.10. The molecular formula is C23H28N2O2. The van der Waals surface area contributed by atoms with Gasteiger partial charge in [0.2, 0.25) is 11.8 Å². The van der Waals surface area contributed by atoms with Gasteiger partial charge in [0.1, 0.15) is 0 Å². The van der Waals surface area contributed by atoms with Gasteiger partial charge in [-0.25, -0.2) is 0 Å². The highest BCUT2D eigenvalue weighted by Crippen LogP contribution is 2.28. The Kier molecular flexibility index (Phi) is 5.94. The fourth-order valence-corrected chi connectivity index (χ4v) is 3.67. The second-order valence-electron chi connectivity index (χ2n) is 7.07. The van der Waals surface area contributed by atoms with E-state index in [0.29, 0.717) is 6.54 Å². The maximum Gasteiger partial charge on any atom is 0.229 e. The van der Waals surface area contributed by atoms with Gasteiger partial charge in [0.15, 0.2) is 0 Å². The van der Waals surface area contributed by atoms with Crippen LogP contribution in [0, 0.1) is 5.92 Å². The van der Waals surface area contributed by atoms with Crippen LogP contribution in [-0.2, 0) is 28.9 Å².